The zero-order valence-electron chi connectivity index (χ0n) is 11.4. The van der Waals surface area contributed by atoms with E-state index >= 15 is 0 Å². The highest BCUT2D eigenvalue weighted by atomic mass is 32.1. The fraction of sp³-hybridized carbons (Fsp3) is 0.727. The number of hydrogen-bond acceptors (Lipinski definition) is 7. The molecule has 116 valence electrons. The molecule has 0 saturated heterocycles. The molecule has 0 aromatic carbocycles. The molecule has 0 aromatic rings. The van der Waals surface area contributed by atoms with Crippen molar-refractivity contribution in [3.05, 3.63) is 0 Å². The van der Waals surface area contributed by atoms with Crippen molar-refractivity contribution in [1.29, 1.82) is 0 Å². The summed E-state index contributed by atoms with van der Waals surface area (Å²) in [4.78, 5) is 34.6. The van der Waals surface area contributed by atoms with Crippen LogP contribution >= 0.6 is 25.3 Å². The Morgan fingerprint density at radius 2 is 1.85 bits per heavy atom. The molecule has 4 N–H and O–H groups in total. The van der Waals surface area contributed by atoms with Gasteiger partial charge in [0.2, 0.25) is 11.8 Å². The number of hydrogen-bond donors (Lipinski definition) is 6. The number of rotatable bonds is 9. The molecule has 3 atom stereocenters. The molecule has 0 aliphatic heterocycles. The van der Waals surface area contributed by atoms with Crippen LogP contribution in [0.3, 0.4) is 0 Å². The van der Waals surface area contributed by atoms with Crippen molar-refractivity contribution in [2.45, 2.75) is 25.1 Å². The minimum absolute atomic E-state index is 0.00171. The monoisotopic (exact) mass is 323 g/mol. The molecule has 0 saturated carbocycles. The van der Waals surface area contributed by atoms with Crippen LogP contribution in [-0.4, -0.2) is 66.0 Å². The number of thiol groups is 2. The van der Waals surface area contributed by atoms with Crippen LogP contribution in [-0.2, 0) is 14.4 Å². The average Bonchev–Trinajstić information content (AvgIpc) is 2.41. The van der Waals surface area contributed by atoms with Crippen molar-refractivity contribution in [1.82, 2.24) is 16.0 Å². The third-order valence-electron chi connectivity index (χ3n) is 2.56. The lowest BCUT2D eigenvalue weighted by atomic mass is 10.1. The molecule has 0 fully saturated rings. The number of nitrogens with one attached hydrogen (secondary N) is 3. The van der Waals surface area contributed by atoms with Crippen molar-refractivity contribution < 1.29 is 19.5 Å². The van der Waals surface area contributed by atoms with E-state index in [1.54, 1.807) is 0 Å². The Bertz CT molecular complexity index is 353. The third kappa shape index (κ3) is 6.60. The molecule has 9 heteroatoms. The fourth-order valence-corrected chi connectivity index (χ4v) is 1.97. The van der Waals surface area contributed by atoms with Gasteiger partial charge in [-0.1, -0.05) is 0 Å². The number of carbonyl (C=O) groups is 3. The van der Waals surface area contributed by atoms with E-state index in [2.05, 4.69) is 41.2 Å². The molecule has 0 radical (unpaired) electrons. The van der Waals surface area contributed by atoms with Gasteiger partial charge in [-0.05, 0) is 14.0 Å². The maximum atomic E-state index is 11.7. The van der Waals surface area contributed by atoms with Crippen LogP contribution < -0.4 is 16.0 Å². The normalized spacial score (nSPS) is 15.1. The van der Waals surface area contributed by atoms with E-state index in [4.69, 9.17) is 0 Å². The smallest absolute Gasteiger partial charge is 0.240 e. The second kappa shape index (κ2) is 10.0. The number of amides is 2. The lowest BCUT2D eigenvalue weighted by molar-refractivity contribution is -0.129. The molecular weight excluding hydrogens is 302 g/mol. The van der Waals surface area contributed by atoms with E-state index in [1.807, 2.05) is 0 Å². The highest BCUT2D eigenvalue weighted by Crippen LogP contribution is 1.94. The minimum atomic E-state index is -0.890. The molecule has 0 aromatic heterocycles. The SMILES string of the molecule is CN[C@H](C(=O)NCC(=O)N[C@@H](CS)C(=O)CS)[C@@H](C)O. The molecule has 0 spiro atoms. The summed E-state index contributed by atoms with van der Waals surface area (Å²) in [5.41, 5.74) is 0. The zero-order chi connectivity index (χ0) is 15.7. The third-order valence-corrected chi connectivity index (χ3v) is 3.24. The number of aliphatic hydroxyl groups is 1. The lowest BCUT2D eigenvalue weighted by Gasteiger charge is -2.19. The van der Waals surface area contributed by atoms with E-state index in [9.17, 15) is 19.5 Å². The Morgan fingerprint density at radius 3 is 2.25 bits per heavy atom. The number of Topliss-reactive ketones (excluding diaryl/α,β-unsaturated/α-hetero) is 1. The zero-order valence-corrected chi connectivity index (χ0v) is 13.2. The fourth-order valence-electron chi connectivity index (χ4n) is 1.45. The summed E-state index contributed by atoms with van der Waals surface area (Å²) >= 11 is 7.80. The summed E-state index contributed by atoms with van der Waals surface area (Å²) < 4.78 is 0. The minimum Gasteiger partial charge on any atom is -0.391 e. The van der Waals surface area contributed by atoms with Gasteiger partial charge in [0.1, 0.15) is 6.04 Å². The van der Waals surface area contributed by atoms with E-state index in [0.717, 1.165) is 0 Å². The summed E-state index contributed by atoms with van der Waals surface area (Å²) in [5.74, 6) is -1.10. The number of carbonyl (C=O) groups excluding carboxylic acids is 3. The number of likely N-dealkylation sites (N-methyl/N-ethyl adjacent to an activating group) is 1. The Kier molecular flexibility index (Phi) is 9.64. The summed E-state index contributed by atoms with van der Waals surface area (Å²) in [5, 5.41) is 16.8. The number of ketones is 1. The topological polar surface area (TPSA) is 108 Å². The summed E-state index contributed by atoms with van der Waals surface area (Å²) in [6.07, 6.45) is -0.890. The van der Waals surface area contributed by atoms with Gasteiger partial charge in [-0.2, -0.15) is 25.3 Å². The van der Waals surface area contributed by atoms with Gasteiger partial charge in [0.25, 0.3) is 0 Å². The quantitative estimate of drug-likeness (QED) is 0.275. The first-order chi connectivity index (χ1) is 9.37. The molecule has 20 heavy (non-hydrogen) atoms. The second-order valence-electron chi connectivity index (χ2n) is 4.15. The summed E-state index contributed by atoms with van der Waals surface area (Å²) in [6.45, 7) is 1.18. The largest absolute Gasteiger partial charge is 0.391 e. The van der Waals surface area contributed by atoms with Crippen LogP contribution in [0.15, 0.2) is 0 Å². The van der Waals surface area contributed by atoms with Gasteiger partial charge >= 0.3 is 0 Å². The molecule has 0 bridgehead atoms. The summed E-state index contributed by atoms with van der Waals surface area (Å²) in [7, 11) is 1.53. The Morgan fingerprint density at radius 1 is 1.25 bits per heavy atom. The maximum Gasteiger partial charge on any atom is 0.240 e. The van der Waals surface area contributed by atoms with Crippen LogP contribution in [0.1, 0.15) is 6.92 Å². The standard InChI is InChI=1S/C11H21N3O4S2/c1-6(15)10(12-2)11(18)13-3-9(17)14-7(4-19)8(16)5-20/h6-7,10,12,15,19-20H,3-5H2,1-2H3,(H,13,18)(H,14,17)/t6-,7+,10+/m1/s1. The molecular formula is C11H21N3O4S2. The van der Waals surface area contributed by atoms with Crippen LogP contribution in [0, 0.1) is 0 Å². The summed E-state index contributed by atoms with van der Waals surface area (Å²) in [6, 6.07) is -1.53. The Labute approximate surface area is 129 Å². The molecule has 0 aliphatic rings. The maximum absolute atomic E-state index is 11.7. The van der Waals surface area contributed by atoms with Crippen LogP contribution in [0.4, 0.5) is 0 Å². The van der Waals surface area contributed by atoms with Gasteiger partial charge in [-0.25, -0.2) is 0 Å². The van der Waals surface area contributed by atoms with E-state index in [-0.39, 0.29) is 23.8 Å². The predicted octanol–water partition coefficient (Wildman–Crippen LogP) is -2.02. The predicted molar refractivity (Wildman–Crippen MR) is 82.2 cm³/mol. The lowest BCUT2D eigenvalue weighted by Crippen LogP contribution is -2.52. The van der Waals surface area contributed by atoms with Gasteiger partial charge in [-0.15, -0.1) is 0 Å². The van der Waals surface area contributed by atoms with Gasteiger partial charge in [0, 0.05) is 5.75 Å². The van der Waals surface area contributed by atoms with Gasteiger partial charge in [0.05, 0.1) is 24.4 Å². The van der Waals surface area contributed by atoms with Gasteiger partial charge in [0.15, 0.2) is 5.78 Å². The molecule has 0 heterocycles. The number of aliphatic hydroxyl groups excluding tert-OH is 1. The molecule has 0 aliphatic carbocycles. The van der Waals surface area contributed by atoms with E-state index in [0.29, 0.717) is 0 Å². The van der Waals surface area contributed by atoms with Gasteiger partial charge in [-0.3, -0.25) is 14.4 Å². The molecule has 7 nitrogen and oxygen atoms in total. The Hall–Kier alpha value is -0.770. The van der Waals surface area contributed by atoms with E-state index < -0.39 is 30.0 Å². The van der Waals surface area contributed by atoms with Crippen LogP contribution in [0.25, 0.3) is 0 Å². The Balaban J connectivity index is 4.28. The van der Waals surface area contributed by atoms with Crippen molar-refractivity contribution in [3.63, 3.8) is 0 Å². The first-order valence-electron chi connectivity index (χ1n) is 6.04. The molecule has 0 unspecified atom stereocenters. The van der Waals surface area contributed by atoms with Crippen molar-refractivity contribution >= 4 is 42.9 Å². The average molecular weight is 323 g/mol. The first kappa shape index (κ1) is 19.2. The van der Waals surface area contributed by atoms with E-state index in [1.165, 1.54) is 14.0 Å². The highest BCUT2D eigenvalue weighted by Gasteiger charge is 2.23. The first-order valence-corrected chi connectivity index (χ1v) is 7.30. The van der Waals surface area contributed by atoms with Crippen molar-refractivity contribution in [3.8, 4) is 0 Å². The molecule has 0 rings (SSSR count). The van der Waals surface area contributed by atoms with Crippen LogP contribution in [0.2, 0.25) is 0 Å². The van der Waals surface area contributed by atoms with Crippen molar-refractivity contribution in [2.24, 2.45) is 0 Å². The van der Waals surface area contributed by atoms with Crippen molar-refractivity contribution in [2.75, 3.05) is 25.1 Å². The highest BCUT2D eigenvalue weighted by molar-refractivity contribution is 7.81. The van der Waals surface area contributed by atoms with Crippen LogP contribution in [0.5, 0.6) is 0 Å². The molecule has 2 amide bonds. The second-order valence-corrected chi connectivity index (χ2v) is 4.83. The van der Waals surface area contributed by atoms with Gasteiger partial charge < -0.3 is 21.1 Å².